The van der Waals surface area contributed by atoms with Gasteiger partial charge in [-0.05, 0) is 29.8 Å². The molecule has 0 unspecified atom stereocenters. The van der Waals surface area contributed by atoms with Gasteiger partial charge in [0.1, 0.15) is 5.75 Å². The van der Waals surface area contributed by atoms with Gasteiger partial charge in [-0.3, -0.25) is 4.57 Å². The molecule has 6 nitrogen and oxygen atoms in total. The summed E-state index contributed by atoms with van der Waals surface area (Å²) < 4.78 is 33.4. The first kappa shape index (κ1) is 19.2. The van der Waals surface area contributed by atoms with E-state index in [0.29, 0.717) is 11.3 Å². The van der Waals surface area contributed by atoms with Gasteiger partial charge in [0.05, 0.1) is 12.7 Å². The number of methoxy groups -OCH3 is 1. The molecular weight excluding hydrogens is 343 g/mol. The van der Waals surface area contributed by atoms with Gasteiger partial charge in [-0.1, -0.05) is 30.3 Å². The highest BCUT2D eigenvalue weighted by atomic mass is 31.2. The van der Waals surface area contributed by atoms with Gasteiger partial charge in [-0.25, -0.2) is 4.79 Å². The second kappa shape index (κ2) is 8.81. The van der Waals surface area contributed by atoms with Gasteiger partial charge in [0.25, 0.3) is 0 Å². The zero-order chi connectivity index (χ0) is 18.3. The Labute approximate surface area is 147 Å². The van der Waals surface area contributed by atoms with Crippen LogP contribution in [0, 0.1) is 0 Å². The highest BCUT2D eigenvalue weighted by Gasteiger charge is 2.37. The highest BCUT2D eigenvalue weighted by Crippen LogP contribution is 2.53. The van der Waals surface area contributed by atoms with Crippen LogP contribution in [0.1, 0.15) is 15.9 Å². The van der Waals surface area contributed by atoms with Crippen molar-refractivity contribution in [2.45, 2.75) is 12.3 Å². The van der Waals surface area contributed by atoms with Crippen molar-refractivity contribution < 1.29 is 27.9 Å². The van der Waals surface area contributed by atoms with Crippen molar-refractivity contribution in [3.05, 3.63) is 65.7 Å². The molecule has 0 radical (unpaired) electrons. The van der Waals surface area contributed by atoms with E-state index in [4.69, 9.17) is 18.5 Å². The van der Waals surface area contributed by atoms with E-state index in [-0.39, 0.29) is 6.42 Å². The van der Waals surface area contributed by atoms with Crippen LogP contribution in [-0.2, 0) is 24.8 Å². The van der Waals surface area contributed by atoms with Gasteiger partial charge in [-0.15, -0.1) is 0 Å². The zero-order valence-electron chi connectivity index (χ0n) is 14.4. The number of hydrogen-bond acceptors (Lipinski definition) is 6. The van der Waals surface area contributed by atoms with Crippen LogP contribution in [0.4, 0.5) is 0 Å². The lowest BCUT2D eigenvalue weighted by atomic mass is 10.1. The molecule has 0 heterocycles. The number of benzene rings is 2. The van der Waals surface area contributed by atoms with E-state index in [0.717, 1.165) is 5.56 Å². The minimum atomic E-state index is -3.62. The van der Waals surface area contributed by atoms with Crippen LogP contribution in [0.3, 0.4) is 0 Å². The summed E-state index contributed by atoms with van der Waals surface area (Å²) in [5.41, 5.74) is 1.17. The minimum Gasteiger partial charge on any atom is -0.497 e. The lowest BCUT2D eigenvalue weighted by Crippen LogP contribution is -2.22. The Hall–Kier alpha value is -2.14. The van der Waals surface area contributed by atoms with Gasteiger partial charge >= 0.3 is 13.6 Å². The summed E-state index contributed by atoms with van der Waals surface area (Å²) in [6.45, 7) is 0. The van der Waals surface area contributed by atoms with E-state index in [2.05, 4.69) is 0 Å². The van der Waals surface area contributed by atoms with Crippen molar-refractivity contribution in [2.24, 2.45) is 0 Å². The standard InChI is InChI=1S/C18H21O6P/c1-21-16-11-9-14(10-12-16)13-17(25(20,22-2)23-3)24-18(19)15-7-5-4-6-8-15/h4-12,17H,13H2,1-3H3/t17-/m1/s1. The van der Waals surface area contributed by atoms with E-state index in [9.17, 15) is 9.36 Å². The molecule has 0 spiro atoms. The molecule has 0 saturated carbocycles. The van der Waals surface area contributed by atoms with Crippen LogP contribution in [-0.4, -0.2) is 33.1 Å². The highest BCUT2D eigenvalue weighted by molar-refractivity contribution is 7.54. The topological polar surface area (TPSA) is 71.1 Å². The van der Waals surface area contributed by atoms with Crippen LogP contribution < -0.4 is 4.74 Å². The van der Waals surface area contributed by atoms with Gasteiger partial charge in [0, 0.05) is 20.6 Å². The lowest BCUT2D eigenvalue weighted by Gasteiger charge is -2.24. The number of rotatable bonds is 8. The average Bonchev–Trinajstić information content (AvgIpc) is 2.68. The Morgan fingerprint density at radius 2 is 1.56 bits per heavy atom. The Balaban J connectivity index is 2.23. The fourth-order valence-electron chi connectivity index (χ4n) is 2.26. The molecule has 2 aromatic carbocycles. The maximum Gasteiger partial charge on any atom is 0.370 e. The molecule has 0 N–H and O–H groups in total. The minimum absolute atomic E-state index is 0.182. The van der Waals surface area contributed by atoms with E-state index in [1.54, 1.807) is 61.7 Å². The van der Waals surface area contributed by atoms with Gasteiger partial charge in [0.2, 0.25) is 5.85 Å². The first-order chi connectivity index (χ1) is 12.0. The smallest absolute Gasteiger partial charge is 0.370 e. The van der Waals surface area contributed by atoms with Crippen molar-refractivity contribution in [3.63, 3.8) is 0 Å². The predicted octanol–water partition coefficient (Wildman–Crippen LogP) is 3.91. The first-order valence-electron chi connectivity index (χ1n) is 7.62. The number of esters is 1. The average molecular weight is 364 g/mol. The third-order valence-corrected chi connectivity index (χ3v) is 5.69. The number of ether oxygens (including phenoxy) is 2. The van der Waals surface area contributed by atoms with Crippen molar-refractivity contribution in [1.29, 1.82) is 0 Å². The van der Waals surface area contributed by atoms with Crippen LogP contribution >= 0.6 is 7.60 Å². The lowest BCUT2D eigenvalue weighted by molar-refractivity contribution is 0.0385. The maximum atomic E-state index is 12.8. The summed E-state index contributed by atoms with van der Waals surface area (Å²) >= 11 is 0. The summed E-state index contributed by atoms with van der Waals surface area (Å²) in [7, 11) is 0.480. The molecule has 0 bridgehead atoms. The van der Waals surface area contributed by atoms with E-state index >= 15 is 0 Å². The Morgan fingerprint density at radius 1 is 0.960 bits per heavy atom. The zero-order valence-corrected chi connectivity index (χ0v) is 15.3. The van der Waals surface area contributed by atoms with E-state index < -0.39 is 19.4 Å². The third kappa shape index (κ3) is 4.92. The second-order valence-electron chi connectivity index (χ2n) is 5.18. The van der Waals surface area contributed by atoms with Crippen molar-refractivity contribution in [1.82, 2.24) is 0 Å². The molecule has 2 rings (SSSR count). The molecule has 0 fully saturated rings. The van der Waals surface area contributed by atoms with Crippen LogP contribution in [0.2, 0.25) is 0 Å². The molecule has 7 heteroatoms. The first-order valence-corrected chi connectivity index (χ1v) is 9.23. The van der Waals surface area contributed by atoms with Crippen molar-refractivity contribution in [3.8, 4) is 5.75 Å². The second-order valence-corrected chi connectivity index (χ2v) is 7.57. The Morgan fingerprint density at radius 3 is 2.08 bits per heavy atom. The fraction of sp³-hybridized carbons (Fsp3) is 0.278. The van der Waals surface area contributed by atoms with Crippen LogP contribution in [0.5, 0.6) is 5.75 Å². The van der Waals surface area contributed by atoms with Crippen LogP contribution in [0.15, 0.2) is 54.6 Å². The van der Waals surface area contributed by atoms with E-state index in [1.807, 2.05) is 0 Å². The number of carbonyl (C=O) groups excluding carboxylic acids is 1. The van der Waals surface area contributed by atoms with Gasteiger partial charge < -0.3 is 18.5 Å². The molecule has 25 heavy (non-hydrogen) atoms. The molecule has 0 aromatic heterocycles. The molecule has 0 amide bonds. The summed E-state index contributed by atoms with van der Waals surface area (Å²) in [6, 6.07) is 15.6. The summed E-state index contributed by atoms with van der Waals surface area (Å²) in [6.07, 6.45) is 0.182. The number of hydrogen-bond donors (Lipinski definition) is 0. The fourth-order valence-corrected chi connectivity index (χ4v) is 3.54. The molecule has 2 aromatic rings. The predicted molar refractivity (Wildman–Crippen MR) is 94.0 cm³/mol. The Bertz CT molecular complexity index is 721. The van der Waals surface area contributed by atoms with Gasteiger partial charge in [-0.2, -0.15) is 0 Å². The summed E-state index contributed by atoms with van der Waals surface area (Å²) in [5.74, 6) is -0.958. The normalized spacial score (nSPS) is 12.4. The molecule has 134 valence electrons. The molecule has 0 saturated heterocycles. The monoisotopic (exact) mass is 364 g/mol. The molecular formula is C18H21O6P. The third-order valence-electron chi connectivity index (χ3n) is 3.68. The summed E-state index contributed by atoms with van der Waals surface area (Å²) in [4.78, 5) is 12.3. The van der Waals surface area contributed by atoms with Gasteiger partial charge in [0.15, 0.2) is 0 Å². The summed E-state index contributed by atoms with van der Waals surface area (Å²) in [5, 5.41) is 0. The SMILES string of the molecule is COc1ccc(C[C@H](OC(=O)c2ccccc2)P(=O)(OC)OC)cc1. The molecule has 0 aliphatic rings. The molecule has 1 atom stereocenters. The largest absolute Gasteiger partial charge is 0.497 e. The molecule has 0 aliphatic carbocycles. The van der Waals surface area contributed by atoms with Crippen molar-refractivity contribution >= 4 is 13.6 Å². The quantitative estimate of drug-likeness (QED) is 0.522. The Kier molecular flexibility index (Phi) is 6.76. The number of carbonyl (C=O) groups is 1. The van der Waals surface area contributed by atoms with Crippen molar-refractivity contribution in [2.75, 3.05) is 21.3 Å². The molecule has 0 aliphatic heterocycles. The maximum absolute atomic E-state index is 12.8. The van der Waals surface area contributed by atoms with Crippen LogP contribution in [0.25, 0.3) is 0 Å². The van der Waals surface area contributed by atoms with E-state index in [1.165, 1.54) is 14.2 Å².